The molecule has 0 atom stereocenters. The molecule has 0 unspecified atom stereocenters. The molecule has 0 spiro atoms. The molecule has 10 nitrogen and oxygen atoms in total. The predicted octanol–water partition coefficient (Wildman–Crippen LogP) is 3.22. The minimum Gasteiger partial charge on any atom is -0.449 e. The van der Waals surface area contributed by atoms with E-state index in [9.17, 15) is 27.6 Å². The molecule has 11 heteroatoms. The standard InChI is InChI=1S/C16H10O10S/c17-13(18)25-15(20)27(22,23)16(21)26-14(19)24-12-8-6-11(7-9-12)10-4-2-1-3-5-10/h1-9H,(H,17,18). The van der Waals surface area contributed by atoms with E-state index in [1.165, 1.54) is 12.1 Å². The van der Waals surface area contributed by atoms with Crippen molar-refractivity contribution in [3.63, 3.8) is 0 Å². The highest BCUT2D eigenvalue weighted by molar-refractivity contribution is 8.18. The topological polar surface area (TPSA) is 150 Å². The van der Waals surface area contributed by atoms with E-state index >= 15 is 0 Å². The fraction of sp³-hybridized carbons (Fsp3) is 0. The Labute approximate surface area is 151 Å². The van der Waals surface area contributed by atoms with Crippen molar-refractivity contribution in [2.45, 2.75) is 0 Å². The summed E-state index contributed by atoms with van der Waals surface area (Å²) in [7, 11) is -5.47. The Morgan fingerprint density at radius 2 is 1.26 bits per heavy atom. The molecule has 0 saturated carbocycles. The lowest BCUT2D eigenvalue weighted by Gasteiger charge is -2.06. The quantitative estimate of drug-likeness (QED) is 0.457. The van der Waals surface area contributed by atoms with Gasteiger partial charge in [0.1, 0.15) is 5.75 Å². The van der Waals surface area contributed by atoms with Gasteiger partial charge in [-0.15, -0.1) is 0 Å². The lowest BCUT2D eigenvalue weighted by atomic mass is 10.1. The third kappa shape index (κ3) is 5.12. The Bertz CT molecular complexity index is 978. The zero-order chi connectivity index (χ0) is 20.0. The SMILES string of the molecule is O=C(O)OC(=O)S(=O)(=O)C(=O)OC(=O)Oc1ccc(-c2ccccc2)cc1. The van der Waals surface area contributed by atoms with Crippen LogP contribution in [0, 0.1) is 0 Å². The Morgan fingerprint density at radius 1 is 0.741 bits per heavy atom. The maximum absolute atomic E-state index is 11.5. The van der Waals surface area contributed by atoms with Crippen LogP contribution in [0.3, 0.4) is 0 Å². The number of sulfone groups is 1. The molecule has 0 bridgehead atoms. The van der Waals surface area contributed by atoms with E-state index in [0.717, 1.165) is 11.1 Å². The van der Waals surface area contributed by atoms with Gasteiger partial charge in [-0.2, -0.15) is 0 Å². The largest absolute Gasteiger partial charge is 0.522 e. The molecule has 0 saturated heterocycles. The first kappa shape index (κ1) is 19.6. The third-order valence-corrected chi connectivity index (χ3v) is 3.98. The van der Waals surface area contributed by atoms with Crippen LogP contribution in [0.5, 0.6) is 5.75 Å². The summed E-state index contributed by atoms with van der Waals surface area (Å²) in [4.78, 5) is 43.9. The summed E-state index contributed by atoms with van der Waals surface area (Å²) < 4.78 is 34.5. The van der Waals surface area contributed by atoms with Gasteiger partial charge >= 0.3 is 32.8 Å². The van der Waals surface area contributed by atoms with Gasteiger partial charge in [0.15, 0.2) is 0 Å². The molecule has 0 aliphatic carbocycles. The first-order valence-electron chi connectivity index (χ1n) is 6.99. The molecule has 27 heavy (non-hydrogen) atoms. The maximum atomic E-state index is 11.5. The third-order valence-electron chi connectivity index (χ3n) is 2.94. The van der Waals surface area contributed by atoms with Crippen LogP contribution in [0.25, 0.3) is 11.1 Å². The molecule has 2 aromatic rings. The summed E-state index contributed by atoms with van der Waals surface area (Å²) in [5, 5.41) is 3.42. The molecule has 0 aromatic heterocycles. The van der Waals surface area contributed by atoms with Crippen LogP contribution < -0.4 is 4.74 Å². The molecule has 0 aliphatic heterocycles. The Morgan fingerprint density at radius 3 is 1.81 bits per heavy atom. The van der Waals surface area contributed by atoms with Crippen molar-refractivity contribution in [3.05, 3.63) is 54.6 Å². The molecular weight excluding hydrogens is 384 g/mol. The number of ether oxygens (including phenoxy) is 3. The van der Waals surface area contributed by atoms with Gasteiger partial charge in [0.25, 0.3) is 0 Å². The summed E-state index contributed by atoms with van der Waals surface area (Å²) in [5.41, 5.74) is 1.69. The van der Waals surface area contributed by atoms with Crippen molar-refractivity contribution in [2.24, 2.45) is 0 Å². The lowest BCUT2D eigenvalue weighted by molar-refractivity contribution is 0.120. The zero-order valence-electron chi connectivity index (χ0n) is 13.2. The first-order chi connectivity index (χ1) is 12.7. The number of hydrogen-bond donors (Lipinski definition) is 1. The minimum atomic E-state index is -5.47. The molecule has 0 heterocycles. The second kappa shape index (κ2) is 8.10. The van der Waals surface area contributed by atoms with E-state index in [2.05, 4.69) is 14.2 Å². The Hall–Kier alpha value is -3.73. The molecule has 0 amide bonds. The highest BCUT2D eigenvalue weighted by Crippen LogP contribution is 2.22. The van der Waals surface area contributed by atoms with E-state index in [-0.39, 0.29) is 5.75 Å². The summed E-state index contributed by atoms with van der Waals surface area (Å²) in [6.07, 6.45) is -3.99. The molecule has 0 aliphatic rings. The van der Waals surface area contributed by atoms with Crippen LogP contribution in [0.4, 0.5) is 19.2 Å². The molecule has 2 aromatic carbocycles. The molecule has 2 rings (SSSR count). The minimum absolute atomic E-state index is 0.0713. The fourth-order valence-electron chi connectivity index (χ4n) is 1.78. The van der Waals surface area contributed by atoms with Gasteiger partial charge < -0.3 is 19.3 Å². The summed E-state index contributed by atoms with van der Waals surface area (Å²) in [5.74, 6) is -0.0713. The van der Waals surface area contributed by atoms with Gasteiger partial charge in [-0.1, -0.05) is 42.5 Å². The summed E-state index contributed by atoms with van der Waals surface area (Å²) >= 11 is 0. The van der Waals surface area contributed by atoms with Crippen LogP contribution in [0.2, 0.25) is 0 Å². The average Bonchev–Trinajstić information content (AvgIpc) is 2.62. The van der Waals surface area contributed by atoms with E-state index in [1.54, 1.807) is 12.1 Å². The number of hydrogen-bond acceptors (Lipinski definition) is 9. The predicted molar refractivity (Wildman–Crippen MR) is 87.8 cm³/mol. The van der Waals surface area contributed by atoms with E-state index in [4.69, 9.17) is 5.11 Å². The van der Waals surface area contributed by atoms with Gasteiger partial charge in [-0.3, -0.25) is 0 Å². The summed E-state index contributed by atoms with van der Waals surface area (Å²) in [6.45, 7) is 0. The van der Waals surface area contributed by atoms with Gasteiger partial charge in [0.05, 0.1) is 0 Å². The molecule has 140 valence electrons. The number of carbonyl (C=O) groups is 4. The smallest absolute Gasteiger partial charge is 0.449 e. The normalized spacial score (nSPS) is 10.5. The summed E-state index contributed by atoms with van der Waals surface area (Å²) in [6, 6.07) is 15.1. The monoisotopic (exact) mass is 394 g/mol. The van der Waals surface area contributed by atoms with Crippen molar-refractivity contribution < 1.29 is 46.9 Å². The number of carboxylic acid groups (broad SMARTS) is 1. The molecular formula is C16H10O10S. The van der Waals surface area contributed by atoms with Crippen molar-refractivity contribution >= 4 is 32.8 Å². The van der Waals surface area contributed by atoms with Crippen LogP contribution in [-0.4, -0.2) is 36.4 Å². The fourth-order valence-corrected chi connectivity index (χ4v) is 2.27. The average molecular weight is 394 g/mol. The van der Waals surface area contributed by atoms with Crippen LogP contribution in [-0.2, 0) is 19.3 Å². The van der Waals surface area contributed by atoms with E-state index in [1.807, 2.05) is 30.3 Å². The Kier molecular flexibility index (Phi) is 5.88. The van der Waals surface area contributed by atoms with Crippen LogP contribution >= 0.6 is 0 Å². The van der Waals surface area contributed by atoms with Crippen LogP contribution in [0.15, 0.2) is 54.6 Å². The Balaban J connectivity index is 2.00. The highest BCUT2D eigenvalue weighted by Gasteiger charge is 2.39. The lowest BCUT2D eigenvalue weighted by Crippen LogP contribution is -2.29. The van der Waals surface area contributed by atoms with Crippen molar-refractivity contribution in [1.29, 1.82) is 0 Å². The van der Waals surface area contributed by atoms with Crippen molar-refractivity contribution in [2.75, 3.05) is 0 Å². The van der Waals surface area contributed by atoms with Crippen molar-refractivity contribution in [1.82, 2.24) is 0 Å². The second-order valence-electron chi connectivity index (χ2n) is 4.72. The molecule has 0 fully saturated rings. The zero-order valence-corrected chi connectivity index (χ0v) is 14.0. The number of carbonyl (C=O) groups excluding carboxylic acids is 3. The van der Waals surface area contributed by atoms with Crippen LogP contribution in [0.1, 0.15) is 0 Å². The highest BCUT2D eigenvalue weighted by atomic mass is 32.2. The first-order valence-corrected chi connectivity index (χ1v) is 8.47. The number of rotatable bonds is 2. The van der Waals surface area contributed by atoms with E-state index in [0.29, 0.717) is 0 Å². The van der Waals surface area contributed by atoms with Gasteiger partial charge in [0.2, 0.25) is 0 Å². The number of benzene rings is 2. The molecule has 1 N–H and O–H groups in total. The van der Waals surface area contributed by atoms with E-state index < -0.39 is 32.8 Å². The van der Waals surface area contributed by atoms with Gasteiger partial charge in [-0.25, -0.2) is 27.6 Å². The van der Waals surface area contributed by atoms with Gasteiger partial charge in [-0.05, 0) is 23.3 Å². The van der Waals surface area contributed by atoms with Gasteiger partial charge in [0, 0.05) is 0 Å². The molecule has 0 radical (unpaired) electrons. The second-order valence-corrected chi connectivity index (χ2v) is 6.39. The van der Waals surface area contributed by atoms with Crippen molar-refractivity contribution in [3.8, 4) is 16.9 Å². The maximum Gasteiger partial charge on any atom is 0.522 e.